The summed E-state index contributed by atoms with van der Waals surface area (Å²) in [5.74, 6) is 0. The monoisotopic (exact) mass is 250 g/mol. The Kier molecular flexibility index (Phi) is 3.87. The molecule has 0 aliphatic heterocycles. The van der Waals surface area contributed by atoms with Crippen LogP contribution in [0.3, 0.4) is 0 Å². The van der Waals surface area contributed by atoms with Crippen molar-refractivity contribution >= 4 is 28.9 Å². The predicted octanol–water partition coefficient (Wildman–Crippen LogP) is 1.89. The molecule has 82 valence electrons. The summed E-state index contributed by atoms with van der Waals surface area (Å²) in [6, 6.07) is 1.69. The zero-order valence-electron chi connectivity index (χ0n) is 7.48. The molecular formula is C8H8Cl2N2O3. The Morgan fingerprint density at radius 1 is 1.53 bits per heavy atom. The first-order valence-electron chi connectivity index (χ1n) is 3.97. The molecule has 0 bridgehead atoms. The molecule has 0 aliphatic rings. The molecule has 3 N–H and O–H groups in total. The molecule has 1 aromatic rings. The van der Waals surface area contributed by atoms with E-state index in [4.69, 9.17) is 34.0 Å². The molecule has 0 radical (unpaired) electrons. The molecule has 0 heterocycles. The van der Waals surface area contributed by atoms with Crippen LogP contribution in [0.15, 0.2) is 12.1 Å². The Bertz CT molecular complexity index is 398. The molecule has 0 saturated carbocycles. The van der Waals surface area contributed by atoms with Crippen molar-refractivity contribution in [2.24, 2.45) is 5.73 Å². The molecule has 0 aliphatic carbocycles. The third-order valence-electron chi connectivity index (χ3n) is 1.87. The average molecular weight is 251 g/mol. The minimum atomic E-state index is -0.829. The normalized spacial score (nSPS) is 12.5. The highest BCUT2D eigenvalue weighted by molar-refractivity contribution is 6.37. The third-order valence-corrected chi connectivity index (χ3v) is 2.60. The summed E-state index contributed by atoms with van der Waals surface area (Å²) in [5, 5.41) is 19.5. The van der Waals surface area contributed by atoms with Gasteiger partial charge in [-0.05, 0) is 6.07 Å². The molecule has 1 rings (SSSR count). The highest BCUT2D eigenvalue weighted by Gasteiger charge is 2.22. The van der Waals surface area contributed by atoms with Crippen LogP contribution >= 0.6 is 23.2 Å². The van der Waals surface area contributed by atoms with Crippen molar-refractivity contribution in [3.8, 4) is 0 Å². The Labute approximate surface area is 95.6 Å². The van der Waals surface area contributed by atoms with E-state index in [0.29, 0.717) is 0 Å². The number of nitrogens with two attached hydrogens (primary N) is 1. The molecular weight excluding hydrogens is 243 g/mol. The fourth-order valence-corrected chi connectivity index (χ4v) is 1.85. The van der Waals surface area contributed by atoms with Crippen LogP contribution in [0.4, 0.5) is 5.69 Å². The number of nitrogens with zero attached hydrogens (tertiary/aromatic N) is 1. The van der Waals surface area contributed by atoms with Gasteiger partial charge in [0.15, 0.2) is 0 Å². The van der Waals surface area contributed by atoms with E-state index in [-0.39, 0.29) is 27.9 Å². The number of nitro benzene ring substituents is 1. The Morgan fingerprint density at radius 2 is 2.13 bits per heavy atom. The second-order valence-electron chi connectivity index (χ2n) is 2.84. The molecule has 1 aromatic carbocycles. The van der Waals surface area contributed by atoms with Gasteiger partial charge >= 0.3 is 0 Å². The van der Waals surface area contributed by atoms with E-state index < -0.39 is 11.0 Å². The number of hydrogen-bond acceptors (Lipinski definition) is 4. The molecule has 0 aromatic heterocycles. The van der Waals surface area contributed by atoms with Gasteiger partial charge in [-0.3, -0.25) is 10.1 Å². The first-order chi connectivity index (χ1) is 6.99. The van der Waals surface area contributed by atoms with Crippen LogP contribution in [0.5, 0.6) is 0 Å². The van der Waals surface area contributed by atoms with Gasteiger partial charge in [0.25, 0.3) is 5.69 Å². The second-order valence-corrected chi connectivity index (χ2v) is 3.63. The van der Waals surface area contributed by atoms with Crippen molar-refractivity contribution in [3.63, 3.8) is 0 Å². The Hall–Kier alpha value is -0.880. The first-order valence-corrected chi connectivity index (χ1v) is 4.73. The predicted molar refractivity (Wildman–Crippen MR) is 57.1 cm³/mol. The number of benzene rings is 1. The highest BCUT2D eigenvalue weighted by Crippen LogP contribution is 2.35. The Balaban J connectivity index is 3.36. The van der Waals surface area contributed by atoms with Crippen molar-refractivity contribution in [1.29, 1.82) is 0 Å². The fraction of sp³-hybridized carbons (Fsp3) is 0.250. The maximum absolute atomic E-state index is 10.6. The SMILES string of the molecule is N[C@@H](CO)c1c(Cl)ccc([N+](=O)[O-])c1Cl. The summed E-state index contributed by atoms with van der Waals surface area (Å²) < 4.78 is 0. The van der Waals surface area contributed by atoms with E-state index in [2.05, 4.69) is 0 Å². The van der Waals surface area contributed by atoms with Gasteiger partial charge in [-0.15, -0.1) is 0 Å². The van der Waals surface area contributed by atoms with Gasteiger partial charge < -0.3 is 10.8 Å². The molecule has 15 heavy (non-hydrogen) atoms. The van der Waals surface area contributed by atoms with Crippen LogP contribution in [0.1, 0.15) is 11.6 Å². The zero-order chi connectivity index (χ0) is 11.6. The van der Waals surface area contributed by atoms with E-state index in [1.54, 1.807) is 0 Å². The standard InChI is InChI=1S/C8H8Cl2N2O3/c9-4-1-2-6(12(14)15)8(10)7(4)5(11)3-13/h1-2,5,13H,3,11H2/t5-/m0/s1. The average Bonchev–Trinajstić information content (AvgIpc) is 2.16. The van der Waals surface area contributed by atoms with Crippen molar-refractivity contribution in [2.45, 2.75) is 6.04 Å². The van der Waals surface area contributed by atoms with Crippen LogP contribution in [-0.2, 0) is 0 Å². The van der Waals surface area contributed by atoms with E-state index in [9.17, 15) is 10.1 Å². The summed E-state index contributed by atoms with van der Waals surface area (Å²) in [6.45, 7) is -0.388. The molecule has 0 unspecified atom stereocenters. The Morgan fingerprint density at radius 3 is 2.60 bits per heavy atom. The zero-order valence-corrected chi connectivity index (χ0v) is 9.00. The molecule has 7 heteroatoms. The molecule has 0 saturated heterocycles. The summed E-state index contributed by atoms with van der Waals surface area (Å²) in [5.41, 5.74) is 5.44. The number of aliphatic hydroxyl groups excluding tert-OH is 1. The molecule has 0 fully saturated rings. The van der Waals surface area contributed by atoms with Gasteiger partial charge in [-0.1, -0.05) is 23.2 Å². The number of halogens is 2. The minimum absolute atomic E-state index is 0.131. The van der Waals surface area contributed by atoms with E-state index in [0.717, 1.165) is 0 Å². The second kappa shape index (κ2) is 4.76. The van der Waals surface area contributed by atoms with Crippen LogP contribution in [-0.4, -0.2) is 16.6 Å². The lowest BCUT2D eigenvalue weighted by Gasteiger charge is -2.12. The lowest BCUT2D eigenvalue weighted by Crippen LogP contribution is -2.16. The van der Waals surface area contributed by atoms with Crippen LogP contribution in [0, 0.1) is 10.1 Å². The van der Waals surface area contributed by atoms with Crippen molar-refractivity contribution < 1.29 is 10.0 Å². The largest absolute Gasteiger partial charge is 0.394 e. The lowest BCUT2D eigenvalue weighted by atomic mass is 10.1. The summed E-state index contributed by atoms with van der Waals surface area (Å²) in [7, 11) is 0. The van der Waals surface area contributed by atoms with E-state index in [1.165, 1.54) is 12.1 Å². The quantitative estimate of drug-likeness (QED) is 0.634. The number of hydrogen-bond donors (Lipinski definition) is 2. The smallest absolute Gasteiger partial charge is 0.288 e. The first kappa shape index (κ1) is 12.2. The van der Waals surface area contributed by atoms with Crippen LogP contribution < -0.4 is 5.73 Å². The van der Waals surface area contributed by atoms with Crippen molar-refractivity contribution in [3.05, 3.63) is 37.9 Å². The van der Waals surface area contributed by atoms with Gasteiger partial charge in [-0.25, -0.2) is 0 Å². The van der Waals surface area contributed by atoms with Gasteiger partial charge in [0.2, 0.25) is 0 Å². The van der Waals surface area contributed by atoms with Crippen molar-refractivity contribution in [1.82, 2.24) is 0 Å². The number of nitro groups is 1. The maximum Gasteiger partial charge on any atom is 0.288 e. The van der Waals surface area contributed by atoms with Crippen molar-refractivity contribution in [2.75, 3.05) is 6.61 Å². The van der Waals surface area contributed by atoms with E-state index in [1.807, 2.05) is 0 Å². The number of aliphatic hydroxyl groups is 1. The van der Waals surface area contributed by atoms with Gasteiger partial charge in [-0.2, -0.15) is 0 Å². The fourth-order valence-electron chi connectivity index (χ4n) is 1.13. The molecule has 0 spiro atoms. The summed E-state index contributed by atoms with van der Waals surface area (Å²) in [4.78, 5) is 9.94. The lowest BCUT2D eigenvalue weighted by molar-refractivity contribution is -0.384. The van der Waals surface area contributed by atoms with Gasteiger partial charge in [0.05, 0.1) is 17.6 Å². The third kappa shape index (κ3) is 2.38. The minimum Gasteiger partial charge on any atom is -0.394 e. The highest BCUT2D eigenvalue weighted by atomic mass is 35.5. The van der Waals surface area contributed by atoms with Crippen LogP contribution in [0.2, 0.25) is 10.0 Å². The number of rotatable bonds is 3. The van der Waals surface area contributed by atoms with Crippen LogP contribution in [0.25, 0.3) is 0 Å². The topological polar surface area (TPSA) is 89.4 Å². The summed E-state index contributed by atoms with van der Waals surface area (Å²) >= 11 is 11.5. The van der Waals surface area contributed by atoms with Gasteiger partial charge in [0.1, 0.15) is 5.02 Å². The summed E-state index contributed by atoms with van der Waals surface area (Å²) in [6.07, 6.45) is 0. The van der Waals surface area contributed by atoms with E-state index >= 15 is 0 Å². The maximum atomic E-state index is 10.6. The molecule has 0 amide bonds. The van der Waals surface area contributed by atoms with Gasteiger partial charge in [0, 0.05) is 16.7 Å². The molecule has 5 nitrogen and oxygen atoms in total. The molecule has 1 atom stereocenters.